The first-order chi connectivity index (χ1) is 9.15. The highest BCUT2D eigenvalue weighted by molar-refractivity contribution is 7.11. The molecule has 1 fully saturated rings. The molecule has 0 saturated heterocycles. The highest BCUT2D eigenvalue weighted by atomic mass is 32.1. The normalized spacial score (nSPS) is 18.5. The van der Waals surface area contributed by atoms with E-state index in [1.54, 1.807) is 0 Å². The fraction of sp³-hybridized carbons (Fsp3) is 0.800. The topological polar surface area (TPSA) is 34.2 Å². The number of nitrogens with one attached hydrogen (secondary N) is 1. The Morgan fingerprint density at radius 3 is 2.58 bits per heavy atom. The molecule has 0 amide bonds. The van der Waals surface area contributed by atoms with Crippen molar-refractivity contribution < 1.29 is 4.74 Å². The van der Waals surface area contributed by atoms with Crippen molar-refractivity contribution in [1.82, 2.24) is 10.3 Å². The summed E-state index contributed by atoms with van der Waals surface area (Å²) in [5.41, 5.74) is 1.18. The first kappa shape index (κ1) is 14.9. The standard InChI is InChI=1S/C15H26N2OS/c1-5-16-13(15(18-6-2)12-7-8-12)9-14-17-10(3)11(4)19-14/h12-13,15-16H,5-9H2,1-4H3. The second kappa shape index (κ2) is 6.82. The smallest absolute Gasteiger partial charge is 0.0947 e. The van der Waals surface area contributed by atoms with Gasteiger partial charge >= 0.3 is 0 Å². The van der Waals surface area contributed by atoms with Crippen molar-refractivity contribution in [1.29, 1.82) is 0 Å². The van der Waals surface area contributed by atoms with E-state index >= 15 is 0 Å². The van der Waals surface area contributed by atoms with Gasteiger partial charge in [0.05, 0.1) is 16.8 Å². The van der Waals surface area contributed by atoms with Gasteiger partial charge in [0.2, 0.25) is 0 Å². The lowest BCUT2D eigenvalue weighted by molar-refractivity contribution is 0.0196. The average Bonchev–Trinajstić information content (AvgIpc) is 3.14. The Morgan fingerprint density at radius 2 is 2.11 bits per heavy atom. The minimum absolute atomic E-state index is 0.356. The molecule has 0 spiro atoms. The maximum Gasteiger partial charge on any atom is 0.0947 e. The van der Waals surface area contributed by atoms with Gasteiger partial charge in [-0.05, 0) is 46.1 Å². The van der Waals surface area contributed by atoms with Crippen molar-refractivity contribution in [3.05, 3.63) is 15.6 Å². The zero-order valence-electron chi connectivity index (χ0n) is 12.5. The molecule has 1 aliphatic rings. The quantitative estimate of drug-likeness (QED) is 0.795. The Labute approximate surface area is 120 Å². The van der Waals surface area contributed by atoms with E-state index in [4.69, 9.17) is 4.74 Å². The third-order valence-electron chi connectivity index (χ3n) is 3.78. The van der Waals surface area contributed by atoms with Gasteiger partial charge in [-0.3, -0.25) is 0 Å². The highest BCUT2D eigenvalue weighted by Crippen LogP contribution is 2.36. The summed E-state index contributed by atoms with van der Waals surface area (Å²) in [6, 6.07) is 0.405. The minimum atomic E-state index is 0.356. The minimum Gasteiger partial charge on any atom is -0.377 e. The Bertz CT molecular complexity index is 381. The Kier molecular flexibility index (Phi) is 5.37. The summed E-state index contributed by atoms with van der Waals surface area (Å²) in [6.45, 7) is 10.3. The summed E-state index contributed by atoms with van der Waals surface area (Å²) in [4.78, 5) is 6.02. The first-order valence-electron chi connectivity index (χ1n) is 7.43. The summed E-state index contributed by atoms with van der Waals surface area (Å²) in [7, 11) is 0. The predicted octanol–water partition coefficient (Wildman–Crippen LogP) is 3.10. The molecule has 1 aromatic heterocycles. The lowest BCUT2D eigenvalue weighted by atomic mass is 10.0. The van der Waals surface area contributed by atoms with Gasteiger partial charge in [-0.2, -0.15) is 0 Å². The van der Waals surface area contributed by atoms with Crippen LogP contribution in [0.2, 0.25) is 0 Å². The molecule has 2 atom stereocenters. The molecular weight excluding hydrogens is 256 g/mol. The second-order valence-corrected chi connectivity index (χ2v) is 6.66. The van der Waals surface area contributed by atoms with Crippen LogP contribution in [0.15, 0.2) is 0 Å². The molecule has 0 aliphatic heterocycles. The third-order valence-corrected chi connectivity index (χ3v) is 4.87. The van der Waals surface area contributed by atoms with Crippen LogP contribution in [0, 0.1) is 19.8 Å². The number of rotatable bonds is 8. The van der Waals surface area contributed by atoms with Gasteiger partial charge in [-0.1, -0.05) is 6.92 Å². The van der Waals surface area contributed by atoms with Crippen molar-refractivity contribution in [2.24, 2.45) is 5.92 Å². The van der Waals surface area contributed by atoms with E-state index < -0.39 is 0 Å². The van der Waals surface area contributed by atoms with Crippen molar-refractivity contribution >= 4 is 11.3 Å². The molecule has 2 unspecified atom stereocenters. The molecule has 19 heavy (non-hydrogen) atoms. The van der Waals surface area contributed by atoms with Crippen molar-refractivity contribution in [2.75, 3.05) is 13.2 Å². The maximum atomic E-state index is 6.00. The summed E-state index contributed by atoms with van der Waals surface area (Å²) in [5, 5.41) is 4.85. The van der Waals surface area contributed by atoms with Gasteiger partial charge in [-0.25, -0.2) is 4.98 Å². The van der Waals surface area contributed by atoms with E-state index in [1.165, 1.54) is 28.4 Å². The predicted molar refractivity (Wildman–Crippen MR) is 80.9 cm³/mol. The number of hydrogen-bond donors (Lipinski definition) is 1. The molecule has 0 bridgehead atoms. The summed E-state index contributed by atoms with van der Waals surface area (Å²) >= 11 is 1.83. The van der Waals surface area contributed by atoms with E-state index in [2.05, 4.69) is 38.0 Å². The van der Waals surface area contributed by atoms with Gasteiger partial charge in [0, 0.05) is 23.9 Å². The van der Waals surface area contributed by atoms with E-state index in [0.29, 0.717) is 12.1 Å². The largest absolute Gasteiger partial charge is 0.377 e. The van der Waals surface area contributed by atoms with Crippen molar-refractivity contribution in [3.63, 3.8) is 0 Å². The van der Waals surface area contributed by atoms with Gasteiger partial charge in [0.1, 0.15) is 0 Å². The van der Waals surface area contributed by atoms with Gasteiger partial charge < -0.3 is 10.1 Å². The number of ether oxygens (including phenoxy) is 1. The summed E-state index contributed by atoms with van der Waals surface area (Å²) in [5.74, 6) is 0.756. The van der Waals surface area contributed by atoms with Gasteiger partial charge in [0.25, 0.3) is 0 Å². The molecule has 3 nitrogen and oxygen atoms in total. The molecule has 1 heterocycles. The van der Waals surface area contributed by atoms with Crippen LogP contribution in [-0.4, -0.2) is 30.3 Å². The number of aryl methyl sites for hydroxylation is 2. The van der Waals surface area contributed by atoms with Crippen molar-refractivity contribution in [3.8, 4) is 0 Å². The SMILES string of the molecule is CCNC(Cc1nc(C)c(C)s1)C(OCC)C1CC1. The van der Waals surface area contributed by atoms with E-state index in [9.17, 15) is 0 Å². The molecule has 108 valence electrons. The zero-order valence-corrected chi connectivity index (χ0v) is 13.3. The zero-order chi connectivity index (χ0) is 13.8. The van der Waals surface area contributed by atoms with Crippen LogP contribution in [0.5, 0.6) is 0 Å². The average molecular weight is 282 g/mol. The maximum absolute atomic E-state index is 6.00. The van der Waals surface area contributed by atoms with Crippen LogP contribution >= 0.6 is 11.3 Å². The fourth-order valence-electron chi connectivity index (χ4n) is 2.58. The summed E-state index contributed by atoms with van der Waals surface area (Å²) < 4.78 is 6.00. The molecule has 1 aliphatic carbocycles. The number of likely N-dealkylation sites (N-methyl/N-ethyl adjacent to an activating group) is 1. The van der Waals surface area contributed by atoms with Crippen LogP contribution in [0.1, 0.15) is 42.3 Å². The lowest BCUT2D eigenvalue weighted by Gasteiger charge is -2.27. The second-order valence-electron chi connectivity index (χ2n) is 5.37. The fourth-order valence-corrected chi connectivity index (χ4v) is 3.57. The molecule has 1 aromatic rings. The number of hydrogen-bond acceptors (Lipinski definition) is 4. The lowest BCUT2D eigenvalue weighted by Crippen LogP contribution is -2.44. The monoisotopic (exact) mass is 282 g/mol. The Morgan fingerprint density at radius 1 is 1.37 bits per heavy atom. The number of aromatic nitrogens is 1. The Hall–Kier alpha value is -0.450. The van der Waals surface area contributed by atoms with Crippen LogP contribution < -0.4 is 5.32 Å². The first-order valence-corrected chi connectivity index (χ1v) is 8.25. The highest BCUT2D eigenvalue weighted by Gasteiger charge is 2.37. The van der Waals surface area contributed by atoms with Gasteiger partial charge in [0.15, 0.2) is 0 Å². The van der Waals surface area contributed by atoms with E-state index in [-0.39, 0.29) is 0 Å². The van der Waals surface area contributed by atoms with E-state index in [1.807, 2.05) is 11.3 Å². The number of thiazole rings is 1. The molecule has 0 aromatic carbocycles. The van der Waals surface area contributed by atoms with Crippen molar-refractivity contribution in [2.45, 2.75) is 59.1 Å². The van der Waals surface area contributed by atoms with E-state index in [0.717, 1.165) is 25.5 Å². The molecule has 1 saturated carbocycles. The molecular formula is C15H26N2OS. The molecule has 2 rings (SSSR count). The molecule has 4 heteroatoms. The van der Waals surface area contributed by atoms with Crippen LogP contribution in [0.25, 0.3) is 0 Å². The molecule has 0 radical (unpaired) electrons. The molecule has 1 N–H and O–H groups in total. The van der Waals surface area contributed by atoms with Crippen LogP contribution in [-0.2, 0) is 11.2 Å². The Balaban J connectivity index is 2.05. The third kappa shape index (κ3) is 4.01. The summed E-state index contributed by atoms with van der Waals surface area (Å²) in [6.07, 6.45) is 3.99. The van der Waals surface area contributed by atoms with Crippen LogP contribution in [0.4, 0.5) is 0 Å². The number of nitrogens with zero attached hydrogens (tertiary/aromatic N) is 1. The van der Waals surface area contributed by atoms with Gasteiger partial charge in [-0.15, -0.1) is 11.3 Å². The van der Waals surface area contributed by atoms with Crippen LogP contribution in [0.3, 0.4) is 0 Å².